The van der Waals surface area contributed by atoms with Gasteiger partial charge < -0.3 is 15.1 Å². The van der Waals surface area contributed by atoms with Crippen molar-refractivity contribution in [3.05, 3.63) is 59.2 Å². The highest BCUT2D eigenvalue weighted by molar-refractivity contribution is 5.90. The first-order chi connectivity index (χ1) is 13.4. The summed E-state index contributed by atoms with van der Waals surface area (Å²) in [5, 5.41) is 10.3. The monoisotopic (exact) mass is 386 g/mol. The molecule has 2 aromatic rings. The van der Waals surface area contributed by atoms with Crippen molar-refractivity contribution in [1.82, 2.24) is 14.7 Å². The molecule has 0 saturated heterocycles. The highest BCUT2D eigenvalue weighted by Gasteiger charge is 2.01. The number of pyridine rings is 1. The topological polar surface area (TPSA) is 53.2 Å². The van der Waals surface area contributed by atoms with Crippen LogP contribution in [0.1, 0.15) is 72.2 Å². The van der Waals surface area contributed by atoms with Crippen LogP contribution in [0.4, 0.5) is 0 Å². The van der Waals surface area contributed by atoms with Gasteiger partial charge in [-0.2, -0.15) is 0 Å². The molecule has 0 saturated carbocycles. The minimum absolute atomic E-state index is 0.602. The van der Waals surface area contributed by atoms with Crippen LogP contribution in [-0.2, 0) is 6.42 Å². The van der Waals surface area contributed by atoms with Gasteiger partial charge in [0.1, 0.15) is 5.65 Å². The molecule has 0 radical (unpaired) electrons. The van der Waals surface area contributed by atoms with Crippen molar-refractivity contribution in [3.63, 3.8) is 0 Å². The largest absolute Gasteiger partial charge is 0.387 e. The second kappa shape index (κ2) is 16.8. The highest BCUT2D eigenvalue weighted by Crippen LogP contribution is 2.13. The number of hydrogen-bond donors (Lipinski definition) is 2. The molecule has 0 aromatic carbocycles. The number of aryl methyl sites for hydroxylation is 3. The maximum Gasteiger partial charge on any atom is 0.137 e. The van der Waals surface area contributed by atoms with Gasteiger partial charge in [0.25, 0.3) is 0 Å². The average molecular weight is 387 g/mol. The van der Waals surface area contributed by atoms with Crippen LogP contribution in [0, 0.1) is 19.3 Å². The Morgan fingerprint density at radius 1 is 1.14 bits per heavy atom. The minimum atomic E-state index is 0.602. The van der Waals surface area contributed by atoms with Crippen molar-refractivity contribution in [2.45, 2.75) is 75.7 Å². The summed E-state index contributed by atoms with van der Waals surface area (Å²) in [7, 11) is 0. The third-order valence-corrected chi connectivity index (χ3v) is 3.53. The Labute approximate surface area is 173 Å². The van der Waals surface area contributed by atoms with Crippen LogP contribution in [0.15, 0.2) is 42.4 Å². The first kappa shape index (κ1) is 27.9. The van der Waals surface area contributed by atoms with Crippen LogP contribution >= 0.6 is 0 Å². The molecule has 0 bridgehead atoms. The molecule has 0 unspecified atom stereocenters. The third-order valence-electron chi connectivity index (χ3n) is 3.53. The van der Waals surface area contributed by atoms with E-state index in [4.69, 9.17) is 5.41 Å². The van der Waals surface area contributed by atoms with Crippen molar-refractivity contribution in [2.24, 2.45) is 0 Å². The Bertz CT molecular complexity index is 736. The predicted octanol–water partition coefficient (Wildman–Crippen LogP) is 6.66. The number of hydrogen-bond acceptors (Lipinski definition) is 3. The molecule has 2 N–H and O–H groups in total. The van der Waals surface area contributed by atoms with Gasteiger partial charge in [-0.05, 0) is 70.5 Å². The standard InChI is InChI=1S/C11H14N2.C9H16N2.2C2H6/c1-4-10-5-11-12-9(3)7-13(11)6-8(10)2;1-4-5-11-7-8(2)6-9(3)10;2*1-2/h5-7H,4H2,1-3H3;4-6,10-11H,7H2,1-3H3;2*1-2H3/b;5-4+,8-6-,10-9?;;. The summed E-state index contributed by atoms with van der Waals surface area (Å²) in [5.41, 5.74) is 6.64. The van der Waals surface area contributed by atoms with Gasteiger partial charge >= 0.3 is 0 Å². The van der Waals surface area contributed by atoms with Gasteiger partial charge in [0, 0.05) is 24.7 Å². The maximum absolute atomic E-state index is 7.18. The van der Waals surface area contributed by atoms with Gasteiger partial charge in [-0.15, -0.1) is 0 Å². The molecule has 4 heteroatoms. The zero-order valence-electron chi connectivity index (χ0n) is 19.8. The molecule has 0 aliphatic carbocycles. The Morgan fingerprint density at radius 2 is 1.75 bits per heavy atom. The lowest BCUT2D eigenvalue weighted by atomic mass is 10.1. The number of imidazole rings is 1. The molecule has 0 atom stereocenters. The fourth-order valence-corrected chi connectivity index (χ4v) is 2.45. The summed E-state index contributed by atoms with van der Waals surface area (Å²) in [6, 6.07) is 2.17. The first-order valence-corrected chi connectivity index (χ1v) is 10.4. The summed E-state index contributed by atoms with van der Waals surface area (Å²) >= 11 is 0. The summed E-state index contributed by atoms with van der Waals surface area (Å²) in [5.74, 6) is 0. The molecule has 0 aliphatic heterocycles. The van der Waals surface area contributed by atoms with Crippen molar-refractivity contribution in [2.75, 3.05) is 6.54 Å². The molecule has 4 nitrogen and oxygen atoms in total. The molecule has 158 valence electrons. The van der Waals surface area contributed by atoms with Crippen molar-refractivity contribution in [1.29, 1.82) is 5.41 Å². The van der Waals surface area contributed by atoms with Gasteiger partial charge in [-0.1, -0.05) is 46.3 Å². The Morgan fingerprint density at radius 3 is 2.25 bits per heavy atom. The molecule has 0 spiro atoms. The van der Waals surface area contributed by atoms with Crippen molar-refractivity contribution >= 4 is 11.4 Å². The number of nitrogens with zero attached hydrogens (tertiary/aromatic N) is 2. The molecular formula is C24H42N4. The zero-order valence-corrected chi connectivity index (χ0v) is 19.8. The molecule has 2 aromatic heterocycles. The van der Waals surface area contributed by atoms with E-state index in [1.165, 1.54) is 16.7 Å². The van der Waals surface area contributed by atoms with Gasteiger partial charge in [0.15, 0.2) is 0 Å². The van der Waals surface area contributed by atoms with Crippen LogP contribution in [0.2, 0.25) is 0 Å². The molecular weight excluding hydrogens is 344 g/mol. The van der Waals surface area contributed by atoms with E-state index in [1.54, 1.807) is 6.92 Å². The first-order valence-electron chi connectivity index (χ1n) is 10.4. The lowest BCUT2D eigenvalue weighted by molar-refractivity contribution is 0.935. The maximum atomic E-state index is 7.18. The van der Waals surface area contributed by atoms with E-state index in [2.05, 4.69) is 47.0 Å². The summed E-state index contributed by atoms with van der Waals surface area (Å²) in [6.07, 6.45) is 11.0. The van der Waals surface area contributed by atoms with Gasteiger partial charge in [0.05, 0.1) is 5.69 Å². The third kappa shape index (κ3) is 11.4. The van der Waals surface area contributed by atoms with E-state index in [9.17, 15) is 0 Å². The summed E-state index contributed by atoms with van der Waals surface area (Å²) in [6.45, 7) is 20.9. The van der Waals surface area contributed by atoms with Crippen LogP contribution in [0.5, 0.6) is 0 Å². The average Bonchev–Trinajstić information content (AvgIpc) is 3.03. The quantitative estimate of drug-likeness (QED) is 0.564. The van der Waals surface area contributed by atoms with E-state index in [1.807, 2.05) is 66.8 Å². The van der Waals surface area contributed by atoms with Crippen LogP contribution < -0.4 is 5.32 Å². The second-order valence-electron chi connectivity index (χ2n) is 6.04. The van der Waals surface area contributed by atoms with Crippen LogP contribution in [0.3, 0.4) is 0 Å². The Balaban J connectivity index is 0. The van der Waals surface area contributed by atoms with E-state index in [0.29, 0.717) is 5.71 Å². The normalized spacial score (nSPS) is 10.3. The SMILES string of the molecule is C/C=C/NC/C(C)=C\C(C)=N.CC.CC.CCc1cc2nc(C)cn2cc1C. The molecule has 0 aliphatic rings. The van der Waals surface area contributed by atoms with Crippen molar-refractivity contribution in [3.8, 4) is 0 Å². The Kier molecular flexibility index (Phi) is 16.7. The van der Waals surface area contributed by atoms with Crippen LogP contribution in [0.25, 0.3) is 5.65 Å². The molecule has 0 amide bonds. The lowest BCUT2D eigenvalue weighted by Gasteiger charge is -2.02. The molecule has 28 heavy (non-hydrogen) atoms. The van der Waals surface area contributed by atoms with E-state index in [0.717, 1.165) is 24.3 Å². The fourth-order valence-electron chi connectivity index (χ4n) is 2.45. The number of allylic oxidation sites excluding steroid dienone is 2. The number of aromatic nitrogens is 2. The molecule has 2 rings (SSSR count). The van der Waals surface area contributed by atoms with E-state index < -0.39 is 0 Å². The number of nitrogens with one attached hydrogen (secondary N) is 2. The van der Waals surface area contributed by atoms with Gasteiger partial charge in [-0.3, -0.25) is 0 Å². The Hall–Kier alpha value is -2.36. The summed E-state index contributed by atoms with van der Waals surface area (Å²) < 4.78 is 2.09. The zero-order chi connectivity index (χ0) is 22.1. The number of rotatable bonds is 5. The molecule has 0 fully saturated rings. The number of fused-ring (bicyclic) bond motifs is 1. The second-order valence-corrected chi connectivity index (χ2v) is 6.04. The fraction of sp³-hybridized carbons (Fsp3) is 0.500. The predicted molar refractivity (Wildman–Crippen MR) is 127 cm³/mol. The highest BCUT2D eigenvalue weighted by atomic mass is 15.0. The molecule has 2 heterocycles. The summed E-state index contributed by atoms with van der Waals surface area (Å²) in [4.78, 5) is 4.43. The van der Waals surface area contributed by atoms with Crippen molar-refractivity contribution < 1.29 is 0 Å². The minimum Gasteiger partial charge on any atom is -0.387 e. The van der Waals surface area contributed by atoms with Gasteiger partial charge in [-0.25, -0.2) is 4.98 Å². The van der Waals surface area contributed by atoms with Crippen LogP contribution in [-0.4, -0.2) is 21.6 Å². The van der Waals surface area contributed by atoms with Gasteiger partial charge in [0.2, 0.25) is 0 Å². The van der Waals surface area contributed by atoms with E-state index in [-0.39, 0.29) is 0 Å². The van der Waals surface area contributed by atoms with E-state index >= 15 is 0 Å². The lowest BCUT2D eigenvalue weighted by Crippen LogP contribution is -2.08. The smallest absolute Gasteiger partial charge is 0.137 e.